The zero-order chi connectivity index (χ0) is 11.3. The Morgan fingerprint density at radius 3 is 1.88 bits per heavy atom. The molecule has 0 saturated heterocycles. The molecule has 0 nitrogen and oxygen atoms in total. The minimum Gasteiger partial charge on any atom is -0.0842 e. The van der Waals surface area contributed by atoms with Gasteiger partial charge in [0.25, 0.3) is 0 Å². The van der Waals surface area contributed by atoms with Crippen LogP contribution in [0.3, 0.4) is 0 Å². The Balaban J connectivity index is 1.76. The van der Waals surface area contributed by atoms with E-state index in [4.69, 9.17) is 0 Å². The van der Waals surface area contributed by atoms with Crippen molar-refractivity contribution in [2.75, 3.05) is 0 Å². The minimum atomic E-state index is 0.474. The minimum absolute atomic E-state index is 0.474. The fourth-order valence-electron chi connectivity index (χ4n) is 4.49. The van der Waals surface area contributed by atoms with Crippen LogP contribution in [0.25, 0.3) is 0 Å². The predicted molar refractivity (Wildman–Crippen MR) is 69.2 cm³/mol. The van der Waals surface area contributed by atoms with Crippen LogP contribution in [-0.4, -0.2) is 0 Å². The van der Waals surface area contributed by atoms with E-state index >= 15 is 0 Å². The van der Waals surface area contributed by atoms with Crippen LogP contribution in [0.15, 0.2) is 11.6 Å². The molecule has 0 heterocycles. The van der Waals surface area contributed by atoms with Crippen LogP contribution in [0.1, 0.15) is 59.3 Å². The van der Waals surface area contributed by atoms with Gasteiger partial charge in [-0.1, -0.05) is 32.4 Å². The standard InChI is InChI=1S/C16H26/c1-16(2,3)5-4-15-13-7-11-6-12(9-13)10-14(15)8-11/h4,11-14H,5-10H2,1-3H3. The van der Waals surface area contributed by atoms with E-state index in [0.29, 0.717) is 5.41 Å². The summed E-state index contributed by atoms with van der Waals surface area (Å²) in [7, 11) is 0. The molecule has 0 atom stereocenters. The van der Waals surface area contributed by atoms with Gasteiger partial charge in [0.15, 0.2) is 0 Å². The molecule has 0 N–H and O–H groups in total. The van der Waals surface area contributed by atoms with Gasteiger partial charge in [-0.15, -0.1) is 0 Å². The molecule has 90 valence electrons. The lowest BCUT2D eigenvalue weighted by Crippen LogP contribution is -2.40. The molecule has 0 aromatic heterocycles. The normalized spacial score (nSPS) is 41.6. The topological polar surface area (TPSA) is 0 Å². The van der Waals surface area contributed by atoms with Gasteiger partial charge >= 0.3 is 0 Å². The average molecular weight is 218 g/mol. The van der Waals surface area contributed by atoms with Crippen LogP contribution >= 0.6 is 0 Å². The van der Waals surface area contributed by atoms with E-state index in [-0.39, 0.29) is 0 Å². The highest BCUT2D eigenvalue weighted by atomic mass is 14.5. The molecular formula is C16H26. The van der Waals surface area contributed by atoms with E-state index in [1.54, 1.807) is 6.42 Å². The van der Waals surface area contributed by atoms with Crippen LogP contribution in [0.5, 0.6) is 0 Å². The maximum absolute atomic E-state index is 2.63. The summed E-state index contributed by atoms with van der Waals surface area (Å²) in [5.41, 5.74) is 2.35. The highest BCUT2D eigenvalue weighted by Gasteiger charge is 2.44. The van der Waals surface area contributed by atoms with Gasteiger partial charge in [-0.3, -0.25) is 0 Å². The van der Waals surface area contributed by atoms with Gasteiger partial charge in [0.05, 0.1) is 0 Å². The first-order chi connectivity index (χ1) is 7.51. The lowest BCUT2D eigenvalue weighted by Gasteiger charge is -2.51. The summed E-state index contributed by atoms with van der Waals surface area (Å²) in [6, 6.07) is 0. The first-order valence-corrected chi connectivity index (χ1v) is 7.21. The summed E-state index contributed by atoms with van der Waals surface area (Å²) in [6.45, 7) is 7.08. The number of rotatable bonds is 1. The molecule has 4 rings (SSSR count). The number of hydrogen-bond donors (Lipinski definition) is 0. The van der Waals surface area contributed by atoms with E-state index in [1.165, 1.54) is 32.1 Å². The van der Waals surface area contributed by atoms with Crippen molar-refractivity contribution in [3.05, 3.63) is 11.6 Å². The fraction of sp³-hybridized carbons (Fsp3) is 0.875. The summed E-state index contributed by atoms with van der Waals surface area (Å²) in [6.07, 6.45) is 11.6. The molecule has 0 radical (unpaired) electrons. The zero-order valence-corrected chi connectivity index (χ0v) is 11.1. The summed E-state index contributed by atoms with van der Waals surface area (Å²) in [5.74, 6) is 4.21. The molecule has 0 aliphatic heterocycles. The molecule has 4 aliphatic rings. The molecule has 0 spiro atoms. The molecular weight excluding hydrogens is 192 g/mol. The van der Waals surface area contributed by atoms with Gasteiger partial charge in [0.2, 0.25) is 0 Å². The van der Waals surface area contributed by atoms with Crippen LogP contribution in [0.4, 0.5) is 0 Å². The number of allylic oxidation sites excluding steroid dienone is 2. The predicted octanol–water partition coefficient (Wildman–Crippen LogP) is 4.81. The Morgan fingerprint density at radius 2 is 1.44 bits per heavy atom. The van der Waals surface area contributed by atoms with E-state index in [1.807, 2.05) is 5.57 Å². The van der Waals surface area contributed by atoms with E-state index in [0.717, 1.165) is 23.7 Å². The third-order valence-corrected chi connectivity index (χ3v) is 5.03. The van der Waals surface area contributed by atoms with Gasteiger partial charge < -0.3 is 0 Å². The van der Waals surface area contributed by atoms with E-state index < -0.39 is 0 Å². The second-order valence-corrected chi connectivity index (χ2v) is 7.77. The molecule has 0 aromatic carbocycles. The Morgan fingerprint density at radius 1 is 0.938 bits per heavy atom. The molecule has 0 amide bonds. The van der Waals surface area contributed by atoms with Crippen molar-refractivity contribution in [2.24, 2.45) is 29.1 Å². The van der Waals surface area contributed by atoms with Gasteiger partial charge in [-0.25, -0.2) is 0 Å². The maximum Gasteiger partial charge on any atom is -0.0195 e. The quantitative estimate of drug-likeness (QED) is 0.554. The Labute approximate surface area is 101 Å². The van der Waals surface area contributed by atoms with E-state index in [9.17, 15) is 0 Å². The van der Waals surface area contributed by atoms with Gasteiger partial charge in [0.1, 0.15) is 0 Å². The summed E-state index contributed by atoms with van der Waals surface area (Å²) < 4.78 is 0. The summed E-state index contributed by atoms with van der Waals surface area (Å²) in [4.78, 5) is 0. The summed E-state index contributed by atoms with van der Waals surface area (Å²) in [5, 5.41) is 0. The molecule has 0 unspecified atom stereocenters. The van der Waals surface area contributed by atoms with Crippen molar-refractivity contribution in [1.82, 2.24) is 0 Å². The van der Waals surface area contributed by atoms with Crippen LogP contribution in [-0.2, 0) is 0 Å². The maximum atomic E-state index is 2.63. The van der Waals surface area contributed by atoms with Gasteiger partial charge in [-0.2, -0.15) is 0 Å². The monoisotopic (exact) mass is 218 g/mol. The van der Waals surface area contributed by atoms with Crippen molar-refractivity contribution in [1.29, 1.82) is 0 Å². The molecule has 0 heteroatoms. The van der Waals surface area contributed by atoms with Gasteiger partial charge in [-0.05, 0) is 67.6 Å². The highest BCUT2D eigenvalue weighted by Crippen LogP contribution is 2.56. The molecule has 4 fully saturated rings. The fourth-order valence-corrected chi connectivity index (χ4v) is 4.49. The second kappa shape index (κ2) is 3.62. The third kappa shape index (κ3) is 1.96. The zero-order valence-electron chi connectivity index (χ0n) is 11.1. The van der Waals surface area contributed by atoms with Crippen LogP contribution in [0, 0.1) is 29.1 Å². The average Bonchev–Trinajstić information content (AvgIpc) is 2.13. The smallest absolute Gasteiger partial charge is 0.0195 e. The first-order valence-electron chi connectivity index (χ1n) is 7.21. The molecule has 4 saturated carbocycles. The van der Waals surface area contributed by atoms with Crippen molar-refractivity contribution in [2.45, 2.75) is 59.3 Å². The molecule has 4 aliphatic carbocycles. The van der Waals surface area contributed by atoms with Crippen LogP contribution < -0.4 is 0 Å². The Bertz CT molecular complexity index is 272. The SMILES string of the molecule is CC(C)(C)CC=C1C2CC3CC(C2)CC1C3. The van der Waals surface area contributed by atoms with E-state index in [2.05, 4.69) is 26.8 Å². The first kappa shape index (κ1) is 10.9. The lowest BCUT2D eigenvalue weighted by molar-refractivity contribution is 0.0689. The molecule has 4 bridgehead atoms. The van der Waals surface area contributed by atoms with Crippen LogP contribution in [0.2, 0.25) is 0 Å². The number of hydrogen-bond acceptors (Lipinski definition) is 0. The largest absolute Gasteiger partial charge is 0.0842 e. The Kier molecular flexibility index (Phi) is 2.46. The highest BCUT2D eigenvalue weighted by molar-refractivity contribution is 5.20. The van der Waals surface area contributed by atoms with Crippen molar-refractivity contribution < 1.29 is 0 Å². The second-order valence-electron chi connectivity index (χ2n) is 7.77. The molecule has 16 heavy (non-hydrogen) atoms. The van der Waals surface area contributed by atoms with Crippen molar-refractivity contribution in [3.63, 3.8) is 0 Å². The van der Waals surface area contributed by atoms with Gasteiger partial charge in [0, 0.05) is 0 Å². The third-order valence-electron chi connectivity index (χ3n) is 5.03. The molecule has 0 aromatic rings. The van der Waals surface area contributed by atoms with Crippen molar-refractivity contribution >= 4 is 0 Å². The summed E-state index contributed by atoms with van der Waals surface area (Å²) >= 11 is 0. The lowest BCUT2D eigenvalue weighted by atomic mass is 9.54. The van der Waals surface area contributed by atoms with Crippen molar-refractivity contribution in [3.8, 4) is 0 Å². The Hall–Kier alpha value is -0.260.